The molecule has 142 valence electrons. The summed E-state index contributed by atoms with van der Waals surface area (Å²) in [7, 11) is 0. The fourth-order valence-corrected chi connectivity index (χ4v) is 3.87. The maximum absolute atomic E-state index is 13.2. The summed E-state index contributed by atoms with van der Waals surface area (Å²) in [5.74, 6) is -0.748. The fraction of sp³-hybridized carbons (Fsp3) is 0.0952. The maximum Gasteiger partial charge on any atom is 0.416 e. The van der Waals surface area contributed by atoms with Gasteiger partial charge in [-0.1, -0.05) is 48.0 Å². The minimum Gasteiger partial charge on any atom is -0.508 e. The van der Waals surface area contributed by atoms with Gasteiger partial charge in [0.25, 0.3) is 0 Å². The largest absolute Gasteiger partial charge is 0.508 e. The number of phenolic OH excluding ortho intramolecular Hbond substituents is 1. The molecule has 0 aliphatic carbocycles. The second kappa shape index (κ2) is 6.27. The molecule has 0 saturated heterocycles. The monoisotopic (exact) mass is 403 g/mol. The van der Waals surface area contributed by atoms with Crippen LogP contribution >= 0.6 is 11.6 Å². The number of anilines is 1. The number of nitrogens with one attached hydrogen (secondary N) is 1. The van der Waals surface area contributed by atoms with Crippen LogP contribution in [0.15, 0.2) is 66.7 Å². The van der Waals surface area contributed by atoms with E-state index in [2.05, 4.69) is 5.32 Å². The van der Waals surface area contributed by atoms with Crippen LogP contribution in [0.1, 0.15) is 22.3 Å². The smallest absolute Gasteiger partial charge is 0.416 e. The Bertz CT molecular complexity index is 1080. The predicted molar refractivity (Wildman–Crippen MR) is 99.5 cm³/mol. The first kappa shape index (κ1) is 18.4. The molecule has 0 spiro atoms. The Balaban J connectivity index is 2.07. The third-order valence-corrected chi connectivity index (χ3v) is 5.14. The molecule has 0 aromatic heterocycles. The van der Waals surface area contributed by atoms with Crippen LogP contribution < -0.4 is 5.32 Å². The van der Waals surface area contributed by atoms with Crippen molar-refractivity contribution < 1.29 is 23.1 Å². The Kier molecular flexibility index (Phi) is 4.12. The molecule has 2 N–H and O–H groups in total. The molecule has 3 nitrogen and oxygen atoms in total. The van der Waals surface area contributed by atoms with Crippen molar-refractivity contribution in [3.05, 3.63) is 94.0 Å². The van der Waals surface area contributed by atoms with E-state index in [1.807, 2.05) is 0 Å². The Labute approximate surface area is 163 Å². The van der Waals surface area contributed by atoms with E-state index in [4.69, 9.17) is 11.6 Å². The topological polar surface area (TPSA) is 49.3 Å². The third-order valence-electron chi connectivity index (χ3n) is 4.91. The normalized spacial score (nSPS) is 18.6. The van der Waals surface area contributed by atoms with E-state index >= 15 is 0 Å². The lowest BCUT2D eigenvalue weighted by atomic mass is 9.70. The van der Waals surface area contributed by atoms with Gasteiger partial charge in [0.15, 0.2) is 0 Å². The van der Waals surface area contributed by atoms with Gasteiger partial charge in [0.05, 0.1) is 5.56 Å². The summed E-state index contributed by atoms with van der Waals surface area (Å²) >= 11 is 6.11. The maximum atomic E-state index is 13.2. The number of carbonyl (C=O) groups excluding carboxylic acids is 1. The molecule has 3 aromatic carbocycles. The molecule has 4 rings (SSSR count). The lowest BCUT2D eigenvalue weighted by molar-refractivity contribution is -0.137. The average Bonchev–Trinajstić information content (AvgIpc) is 2.95. The van der Waals surface area contributed by atoms with E-state index in [9.17, 15) is 23.1 Å². The Morgan fingerprint density at radius 2 is 1.64 bits per heavy atom. The average molecular weight is 404 g/mol. The van der Waals surface area contributed by atoms with Gasteiger partial charge >= 0.3 is 6.18 Å². The highest BCUT2D eigenvalue weighted by atomic mass is 35.5. The first-order valence-corrected chi connectivity index (χ1v) is 8.70. The third kappa shape index (κ3) is 2.64. The number of carbonyl (C=O) groups is 1. The SMILES string of the molecule is O=C1Nc2cc(C(F)(F)F)ccc2C1(c1ccccc1)c1cc(Cl)ccc1O. The number of halogens is 4. The summed E-state index contributed by atoms with van der Waals surface area (Å²) in [5, 5.41) is 13.4. The van der Waals surface area contributed by atoms with Crippen LogP contribution in [0, 0.1) is 0 Å². The van der Waals surface area contributed by atoms with Crippen LogP contribution in [-0.2, 0) is 16.4 Å². The number of aromatic hydroxyl groups is 1. The van der Waals surface area contributed by atoms with Crippen molar-refractivity contribution in [1.82, 2.24) is 0 Å². The van der Waals surface area contributed by atoms with Gasteiger partial charge in [0, 0.05) is 21.8 Å². The quantitative estimate of drug-likeness (QED) is 0.606. The first-order chi connectivity index (χ1) is 13.2. The van der Waals surface area contributed by atoms with Crippen LogP contribution in [0.3, 0.4) is 0 Å². The standard InChI is InChI=1S/C21H13ClF3NO2/c22-14-7-9-18(27)16(11-14)20(12-4-2-1-3-5-12)15-8-6-13(21(23,24)25)10-17(15)26-19(20)28/h1-11,27H,(H,26,28). The van der Waals surface area contributed by atoms with E-state index in [0.29, 0.717) is 11.1 Å². The van der Waals surface area contributed by atoms with E-state index in [1.54, 1.807) is 30.3 Å². The van der Waals surface area contributed by atoms with Crippen LogP contribution in [-0.4, -0.2) is 11.0 Å². The van der Waals surface area contributed by atoms with Gasteiger partial charge in [-0.2, -0.15) is 13.2 Å². The summed E-state index contributed by atoms with van der Waals surface area (Å²) < 4.78 is 39.4. The minimum atomic E-state index is -4.55. The zero-order valence-electron chi connectivity index (χ0n) is 14.2. The van der Waals surface area contributed by atoms with Crippen molar-refractivity contribution >= 4 is 23.2 Å². The van der Waals surface area contributed by atoms with Crippen molar-refractivity contribution in [2.45, 2.75) is 11.6 Å². The number of hydrogen-bond acceptors (Lipinski definition) is 2. The molecule has 1 amide bonds. The van der Waals surface area contributed by atoms with Crippen LogP contribution in [0.5, 0.6) is 5.75 Å². The van der Waals surface area contributed by atoms with Gasteiger partial charge in [-0.3, -0.25) is 4.79 Å². The van der Waals surface area contributed by atoms with E-state index in [-0.39, 0.29) is 22.0 Å². The summed E-state index contributed by atoms with van der Waals surface area (Å²) in [6.07, 6.45) is -4.55. The minimum absolute atomic E-state index is 0.0445. The highest BCUT2D eigenvalue weighted by Crippen LogP contribution is 2.51. The van der Waals surface area contributed by atoms with E-state index in [1.165, 1.54) is 24.3 Å². The summed E-state index contributed by atoms with van der Waals surface area (Å²) in [5.41, 5.74) is -1.34. The Morgan fingerprint density at radius 3 is 2.32 bits per heavy atom. The van der Waals surface area contributed by atoms with E-state index < -0.39 is 23.1 Å². The van der Waals surface area contributed by atoms with Gasteiger partial charge in [0.1, 0.15) is 11.2 Å². The molecule has 7 heteroatoms. The van der Waals surface area contributed by atoms with Crippen molar-refractivity contribution in [2.24, 2.45) is 0 Å². The van der Waals surface area contributed by atoms with Crippen molar-refractivity contribution in [3.8, 4) is 5.75 Å². The molecule has 1 heterocycles. The number of hydrogen-bond donors (Lipinski definition) is 2. The number of fused-ring (bicyclic) bond motifs is 1. The molecule has 0 radical (unpaired) electrons. The van der Waals surface area contributed by atoms with Crippen molar-refractivity contribution in [2.75, 3.05) is 5.32 Å². The molecule has 0 saturated carbocycles. The second-order valence-electron chi connectivity index (χ2n) is 6.49. The summed E-state index contributed by atoms with van der Waals surface area (Å²) in [6, 6.07) is 16.0. The fourth-order valence-electron chi connectivity index (χ4n) is 3.70. The van der Waals surface area contributed by atoms with Gasteiger partial charge in [-0.05, 0) is 35.9 Å². The Hall–Kier alpha value is -2.99. The van der Waals surface area contributed by atoms with Crippen LogP contribution in [0.2, 0.25) is 5.02 Å². The molecular weight excluding hydrogens is 391 g/mol. The predicted octanol–water partition coefficient (Wildman–Crippen LogP) is 5.35. The van der Waals surface area contributed by atoms with Gasteiger partial charge < -0.3 is 10.4 Å². The second-order valence-corrected chi connectivity index (χ2v) is 6.93. The Morgan fingerprint density at radius 1 is 0.929 bits per heavy atom. The molecule has 0 fully saturated rings. The highest BCUT2D eigenvalue weighted by Gasteiger charge is 2.51. The molecule has 28 heavy (non-hydrogen) atoms. The number of rotatable bonds is 2. The molecule has 1 atom stereocenters. The molecule has 1 aliphatic heterocycles. The molecule has 1 unspecified atom stereocenters. The molecule has 3 aromatic rings. The van der Waals surface area contributed by atoms with E-state index in [0.717, 1.165) is 12.1 Å². The van der Waals surface area contributed by atoms with Gasteiger partial charge in [-0.25, -0.2) is 0 Å². The lowest BCUT2D eigenvalue weighted by Gasteiger charge is -2.29. The van der Waals surface area contributed by atoms with Crippen LogP contribution in [0.4, 0.5) is 18.9 Å². The van der Waals surface area contributed by atoms with Crippen molar-refractivity contribution in [3.63, 3.8) is 0 Å². The number of alkyl halides is 3. The molecular formula is C21H13ClF3NO2. The number of amides is 1. The lowest BCUT2D eigenvalue weighted by Crippen LogP contribution is -2.37. The molecule has 0 bridgehead atoms. The zero-order chi connectivity index (χ0) is 20.1. The summed E-state index contributed by atoms with van der Waals surface area (Å²) in [6.45, 7) is 0. The highest BCUT2D eigenvalue weighted by molar-refractivity contribution is 6.30. The van der Waals surface area contributed by atoms with Gasteiger partial charge in [0.2, 0.25) is 5.91 Å². The number of benzene rings is 3. The first-order valence-electron chi connectivity index (χ1n) is 8.32. The zero-order valence-corrected chi connectivity index (χ0v) is 15.0. The van der Waals surface area contributed by atoms with Crippen LogP contribution in [0.25, 0.3) is 0 Å². The van der Waals surface area contributed by atoms with Gasteiger partial charge in [-0.15, -0.1) is 0 Å². The number of phenols is 1. The summed E-state index contributed by atoms with van der Waals surface area (Å²) in [4.78, 5) is 13.2. The van der Waals surface area contributed by atoms with Crippen molar-refractivity contribution in [1.29, 1.82) is 0 Å². The molecule has 1 aliphatic rings.